The van der Waals surface area contributed by atoms with Gasteiger partial charge in [0.25, 0.3) is 0 Å². The molecule has 0 saturated carbocycles. The monoisotopic (exact) mass is 215 g/mol. The second kappa shape index (κ2) is 5.53. The Hall–Kier alpha value is -0.320. The molecule has 0 aromatic heterocycles. The number of hydrogen-bond acceptors (Lipinski definition) is 1. The van der Waals surface area contributed by atoms with Crippen molar-refractivity contribution in [2.24, 2.45) is 5.92 Å². The van der Waals surface area contributed by atoms with Crippen LogP contribution in [0.25, 0.3) is 0 Å². The van der Waals surface area contributed by atoms with E-state index in [0.717, 1.165) is 0 Å². The van der Waals surface area contributed by atoms with Crippen molar-refractivity contribution in [2.75, 3.05) is 6.54 Å². The van der Waals surface area contributed by atoms with Gasteiger partial charge in [-0.2, -0.15) is 8.78 Å². The first-order chi connectivity index (χ1) is 6.31. The number of nitrogens with one attached hydrogen (secondary N) is 1. The van der Waals surface area contributed by atoms with Crippen molar-refractivity contribution in [2.45, 2.75) is 45.6 Å². The summed E-state index contributed by atoms with van der Waals surface area (Å²) in [6.45, 7) is 4.60. The zero-order valence-electron chi connectivity index (χ0n) is 8.66. The topological polar surface area (TPSA) is 12.0 Å². The predicted octanol–water partition coefficient (Wildman–Crippen LogP) is 2.91. The summed E-state index contributed by atoms with van der Waals surface area (Å²) >= 11 is 0. The van der Waals surface area contributed by atoms with Crippen LogP contribution >= 0.6 is 0 Å². The Kier molecular flexibility index (Phi) is 5.41. The van der Waals surface area contributed by atoms with Crippen molar-refractivity contribution in [3.63, 3.8) is 0 Å². The van der Waals surface area contributed by atoms with Gasteiger partial charge in [-0.15, -0.1) is 0 Å². The van der Waals surface area contributed by atoms with Crippen LogP contribution in [-0.4, -0.2) is 24.9 Å². The zero-order valence-corrected chi connectivity index (χ0v) is 8.66. The SMILES string of the molecule is CCC(NCC(F)(F)C(F)F)C(C)C. The highest BCUT2D eigenvalue weighted by Gasteiger charge is 2.40. The maximum Gasteiger partial charge on any atom is 0.319 e. The molecule has 86 valence electrons. The summed E-state index contributed by atoms with van der Waals surface area (Å²) in [5.74, 6) is -3.77. The summed E-state index contributed by atoms with van der Waals surface area (Å²) in [6.07, 6.45) is -2.95. The third kappa shape index (κ3) is 4.26. The highest BCUT2D eigenvalue weighted by atomic mass is 19.3. The van der Waals surface area contributed by atoms with E-state index in [2.05, 4.69) is 5.32 Å². The molecular formula is C9H17F4N. The molecule has 5 heteroatoms. The minimum Gasteiger partial charge on any atom is -0.308 e. The van der Waals surface area contributed by atoms with Crippen LogP contribution in [-0.2, 0) is 0 Å². The van der Waals surface area contributed by atoms with Crippen molar-refractivity contribution < 1.29 is 17.6 Å². The Morgan fingerprint density at radius 1 is 1.21 bits per heavy atom. The lowest BCUT2D eigenvalue weighted by Crippen LogP contribution is -2.44. The van der Waals surface area contributed by atoms with Gasteiger partial charge in [-0.3, -0.25) is 0 Å². The summed E-state index contributed by atoms with van der Waals surface area (Å²) in [4.78, 5) is 0. The van der Waals surface area contributed by atoms with E-state index in [1.165, 1.54) is 0 Å². The predicted molar refractivity (Wildman–Crippen MR) is 47.9 cm³/mol. The molecule has 0 amide bonds. The fourth-order valence-corrected chi connectivity index (χ4v) is 1.20. The quantitative estimate of drug-likeness (QED) is 0.672. The molecule has 0 heterocycles. The van der Waals surface area contributed by atoms with Crippen molar-refractivity contribution in [3.8, 4) is 0 Å². The highest BCUT2D eigenvalue weighted by molar-refractivity contribution is 4.77. The maximum atomic E-state index is 12.5. The number of rotatable bonds is 6. The first kappa shape index (κ1) is 13.7. The van der Waals surface area contributed by atoms with Crippen LogP contribution in [0.5, 0.6) is 0 Å². The molecule has 1 atom stereocenters. The molecule has 0 aliphatic rings. The van der Waals surface area contributed by atoms with Gasteiger partial charge >= 0.3 is 12.3 Å². The fourth-order valence-electron chi connectivity index (χ4n) is 1.20. The Balaban J connectivity index is 4.02. The largest absolute Gasteiger partial charge is 0.319 e. The van der Waals surface area contributed by atoms with Gasteiger partial charge in [-0.1, -0.05) is 20.8 Å². The normalized spacial score (nSPS) is 15.2. The smallest absolute Gasteiger partial charge is 0.308 e. The number of alkyl halides is 4. The average molecular weight is 215 g/mol. The lowest BCUT2D eigenvalue weighted by atomic mass is 10.0. The second-order valence-electron chi connectivity index (χ2n) is 3.70. The summed E-state index contributed by atoms with van der Waals surface area (Å²) in [5, 5.41) is 2.46. The molecule has 0 aliphatic carbocycles. The molecule has 1 nitrogen and oxygen atoms in total. The lowest BCUT2D eigenvalue weighted by molar-refractivity contribution is -0.126. The minimum atomic E-state index is -3.93. The summed E-state index contributed by atoms with van der Waals surface area (Å²) in [7, 11) is 0. The van der Waals surface area contributed by atoms with Crippen molar-refractivity contribution >= 4 is 0 Å². The van der Waals surface area contributed by atoms with Gasteiger partial charge in [-0.05, 0) is 12.3 Å². The second-order valence-corrected chi connectivity index (χ2v) is 3.70. The summed E-state index contributed by atoms with van der Waals surface area (Å²) in [5.41, 5.74) is 0. The van der Waals surface area contributed by atoms with Crippen molar-refractivity contribution in [1.29, 1.82) is 0 Å². The zero-order chi connectivity index (χ0) is 11.4. The van der Waals surface area contributed by atoms with Crippen molar-refractivity contribution in [1.82, 2.24) is 5.32 Å². The number of hydrogen-bond donors (Lipinski definition) is 1. The molecule has 0 saturated heterocycles. The van der Waals surface area contributed by atoms with Gasteiger partial charge in [0.1, 0.15) is 0 Å². The Morgan fingerprint density at radius 3 is 2.00 bits per heavy atom. The average Bonchev–Trinajstić information content (AvgIpc) is 2.04. The lowest BCUT2D eigenvalue weighted by Gasteiger charge is -2.24. The number of halogens is 4. The van der Waals surface area contributed by atoms with Crippen molar-refractivity contribution in [3.05, 3.63) is 0 Å². The van der Waals surface area contributed by atoms with Gasteiger partial charge < -0.3 is 5.32 Å². The van der Waals surface area contributed by atoms with E-state index in [4.69, 9.17) is 0 Å². The van der Waals surface area contributed by atoms with E-state index in [-0.39, 0.29) is 12.0 Å². The molecule has 1 unspecified atom stereocenters. The molecule has 0 rings (SSSR count). The Labute approximate surface area is 81.9 Å². The minimum absolute atomic E-state index is 0.139. The Bertz CT molecular complexity index is 159. The van der Waals surface area contributed by atoms with Crippen LogP contribution < -0.4 is 5.32 Å². The van der Waals surface area contributed by atoms with Crippen LogP contribution in [0, 0.1) is 5.92 Å². The van der Waals surface area contributed by atoms with E-state index in [1.807, 2.05) is 20.8 Å². The first-order valence-corrected chi connectivity index (χ1v) is 4.70. The van der Waals surface area contributed by atoms with E-state index < -0.39 is 18.9 Å². The van der Waals surface area contributed by atoms with Crippen LogP contribution in [0.1, 0.15) is 27.2 Å². The fraction of sp³-hybridized carbons (Fsp3) is 1.00. The van der Waals surface area contributed by atoms with Crippen LogP contribution in [0.4, 0.5) is 17.6 Å². The van der Waals surface area contributed by atoms with E-state index >= 15 is 0 Å². The highest BCUT2D eigenvalue weighted by Crippen LogP contribution is 2.22. The molecular weight excluding hydrogens is 198 g/mol. The third-order valence-electron chi connectivity index (χ3n) is 2.16. The third-order valence-corrected chi connectivity index (χ3v) is 2.16. The molecule has 14 heavy (non-hydrogen) atoms. The van der Waals surface area contributed by atoms with Crippen LogP contribution in [0.3, 0.4) is 0 Å². The summed E-state index contributed by atoms with van der Waals surface area (Å²) in [6, 6.07) is -0.139. The Morgan fingerprint density at radius 2 is 1.71 bits per heavy atom. The van der Waals surface area contributed by atoms with Crippen LogP contribution in [0.2, 0.25) is 0 Å². The van der Waals surface area contributed by atoms with E-state index in [1.54, 1.807) is 0 Å². The first-order valence-electron chi connectivity index (χ1n) is 4.70. The van der Waals surface area contributed by atoms with Gasteiger partial charge in [0.05, 0.1) is 6.54 Å². The molecule has 0 aliphatic heterocycles. The van der Waals surface area contributed by atoms with Gasteiger partial charge in [-0.25, -0.2) is 8.78 Å². The molecule has 1 N–H and O–H groups in total. The summed E-state index contributed by atoms with van der Waals surface area (Å²) < 4.78 is 48.5. The molecule has 0 spiro atoms. The maximum absolute atomic E-state index is 12.5. The standard InChI is InChI=1S/C9H17F4N/c1-4-7(6(2)3)14-5-9(12,13)8(10)11/h6-8,14H,4-5H2,1-3H3. The molecule has 0 aromatic rings. The van der Waals surface area contributed by atoms with Gasteiger partial charge in [0.15, 0.2) is 0 Å². The van der Waals surface area contributed by atoms with Gasteiger partial charge in [0.2, 0.25) is 0 Å². The van der Waals surface area contributed by atoms with E-state index in [9.17, 15) is 17.6 Å². The molecule has 0 aromatic carbocycles. The molecule has 0 bridgehead atoms. The van der Waals surface area contributed by atoms with Crippen LogP contribution in [0.15, 0.2) is 0 Å². The van der Waals surface area contributed by atoms with E-state index in [0.29, 0.717) is 6.42 Å². The van der Waals surface area contributed by atoms with Gasteiger partial charge in [0, 0.05) is 6.04 Å². The molecule has 0 fully saturated rings. The molecule has 0 radical (unpaired) electrons.